The van der Waals surface area contributed by atoms with Crippen LogP contribution in [0, 0.1) is 6.92 Å². The van der Waals surface area contributed by atoms with Crippen LogP contribution in [-0.2, 0) is 7.05 Å². The van der Waals surface area contributed by atoms with Gasteiger partial charge in [0.2, 0.25) is 0 Å². The fourth-order valence-electron chi connectivity index (χ4n) is 2.00. The molecule has 2 heterocycles. The summed E-state index contributed by atoms with van der Waals surface area (Å²) >= 11 is 0. The average Bonchev–Trinajstić information content (AvgIpc) is 2.58. The van der Waals surface area contributed by atoms with Crippen LogP contribution in [0.4, 0.5) is 4.39 Å². The molecule has 0 bridgehead atoms. The minimum Gasteiger partial charge on any atom is -0.346 e. The zero-order chi connectivity index (χ0) is 11.7. The van der Waals surface area contributed by atoms with E-state index in [9.17, 15) is 9.18 Å². The van der Waals surface area contributed by atoms with E-state index in [2.05, 4.69) is 0 Å². The zero-order valence-electron chi connectivity index (χ0n) is 9.53. The lowest BCUT2D eigenvalue weighted by molar-refractivity contribution is 0.0745. The number of halogens is 1. The van der Waals surface area contributed by atoms with Crippen LogP contribution in [0.15, 0.2) is 24.2 Å². The summed E-state index contributed by atoms with van der Waals surface area (Å²) in [5, 5.41) is 0. The molecule has 1 amide bonds. The van der Waals surface area contributed by atoms with E-state index in [0.717, 1.165) is 5.56 Å². The molecule has 1 aromatic rings. The van der Waals surface area contributed by atoms with E-state index in [1.54, 1.807) is 15.5 Å². The second kappa shape index (κ2) is 4.12. The number of aromatic nitrogens is 1. The summed E-state index contributed by atoms with van der Waals surface area (Å²) in [5.74, 6) is -0.306. The van der Waals surface area contributed by atoms with Gasteiger partial charge in [-0.15, -0.1) is 0 Å². The normalized spacial score (nSPS) is 16.2. The quantitative estimate of drug-likeness (QED) is 0.713. The lowest BCUT2D eigenvalue weighted by Gasteiger charge is -2.25. The van der Waals surface area contributed by atoms with Gasteiger partial charge in [-0.25, -0.2) is 4.39 Å². The number of aryl methyl sites for hydroxylation is 2. The Kier molecular flexibility index (Phi) is 2.81. The van der Waals surface area contributed by atoms with Crippen molar-refractivity contribution in [3.05, 3.63) is 35.4 Å². The fourth-order valence-corrected chi connectivity index (χ4v) is 2.00. The molecule has 1 aliphatic rings. The highest BCUT2D eigenvalue weighted by molar-refractivity contribution is 5.94. The van der Waals surface area contributed by atoms with Crippen molar-refractivity contribution in [2.45, 2.75) is 13.3 Å². The predicted octanol–water partition coefficient (Wildman–Crippen LogP) is 2.03. The van der Waals surface area contributed by atoms with E-state index in [1.807, 2.05) is 26.2 Å². The molecule has 0 atom stereocenters. The highest BCUT2D eigenvalue weighted by Crippen LogP contribution is 2.16. The van der Waals surface area contributed by atoms with E-state index in [-0.39, 0.29) is 18.3 Å². The van der Waals surface area contributed by atoms with Gasteiger partial charge in [0.1, 0.15) is 11.5 Å². The summed E-state index contributed by atoms with van der Waals surface area (Å²) in [4.78, 5) is 13.7. The predicted molar refractivity (Wildman–Crippen MR) is 59.9 cm³/mol. The number of amides is 1. The third-order valence-electron chi connectivity index (χ3n) is 2.87. The first-order valence-electron chi connectivity index (χ1n) is 5.35. The van der Waals surface area contributed by atoms with E-state index in [1.165, 1.54) is 0 Å². The molecule has 0 fully saturated rings. The minimum absolute atomic E-state index is 0.0896. The molecule has 1 aromatic heterocycles. The van der Waals surface area contributed by atoms with E-state index in [0.29, 0.717) is 18.7 Å². The second-order valence-corrected chi connectivity index (χ2v) is 4.12. The second-order valence-electron chi connectivity index (χ2n) is 4.12. The van der Waals surface area contributed by atoms with Crippen LogP contribution in [0.5, 0.6) is 0 Å². The molecule has 86 valence electrons. The van der Waals surface area contributed by atoms with Gasteiger partial charge in [0, 0.05) is 19.8 Å². The minimum atomic E-state index is -0.216. The Labute approximate surface area is 94.2 Å². The molecule has 1 aliphatic heterocycles. The standard InChI is InChI=1S/C12H15FN2O/c1-9-5-7-14(2)11(9)12(16)15-6-3-4-10(13)8-15/h4-5,7H,3,6,8H2,1-2H3. The Balaban J connectivity index is 2.23. The largest absolute Gasteiger partial charge is 0.346 e. The van der Waals surface area contributed by atoms with E-state index in [4.69, 9.17) is 0 Å². The molecular formula is C12H15FN2O. The maximum atomic E-state index is 13.1. The number of hydrogen-bond acceptors (Lipinski definition) is 1. The summed E-state index contributed by atoms with van der Waals surface area (Å²) < 4.78 is 14.9. The number of carbonyl (C=O) groups excluding carboxylic acids is 1. The Morgan fingerprint density at radius 3 is 2.81 bits per heavy atom. The summed E-state index contributed by atoms with van der Waals surface area (Å²) in [7, 11) is 1.83. The topological polar surface area (TPSA) is 25.2 Å². The van der Waals surface area contributed by atoms with Crippen LogP contribution in [0.2, 0.25) is 0 Å². The molecule has 0 N–H and O–H groups in total. The third kappa shape index (κ3) is 1.87. The molecule has 2 rings (SSSR count). The lowest BCUT2D eigenvalue weighted by Crippen LogP contribution is -2.36. The number of carbonyl (C=O) groups is 1. The van der Waals surface area contributed by atoms with Crippen LogP contribution in [0.25, 0.3) is 0 Å². The van der Waals surface area contributed by atoms with Crippen LogP contribution in [0.1, 0.15) is 22.5 Å². The molecule has 16 heavy (non-hydrogen) atoms. The van der Waals surface area contributed by atoms with Gasteiger partial charge in [-0.2, -0.15) is 0 Å². The van der Waals surface area contributed by atoms with Gasteiger partial charge in [0.15, 0.2) is 0 Å². The van der Waals surface area contributed by atoms with Crippen LogP contribution in [-0.4, -0.2) is 28.5 Å². The van der Waals surface area contributed by atoms with Gasteiger partial charge in [-0.05, 0) is 31.1 Å². The third-order valence-corrected chi connectivity index (χ3v) is 2.87. The van der Waals surface area contributed by atoms with Crippen LogP contribution >= 0.6 is 0 Å². The Bertz CT molecular complexity index is 428. The molecule has 0 saturated carbocycles. The molecule has 0 spiro atoms. The van der Waals surface area contributed by atoms with Gasteiger partial charge < -0.3 is 9.47 Å². The summed E-state index contributed by atoms with van der Waals surface area (Å²) in [6.45, 7) is 2.59. The van der Waals surface area contributed by atoms with Crippen molar-refractivity contribution in [1.82, 2.24) is 9.47 Å². The molecular weight excluding hydrogens is 207 g/mol. The fraction of sp³-hybridized carbons (Fsp3) is 0.417. The smallest absolute Gasteiger partial charge is 0.271 e. The first-order chi connectivity index (χ1) is 7.59. The Morgan fingerprint density at radius 1 is 1.50 bits per heavy atom. The van der Waals surface area contributed by atoms with Crippen molar-refractivity contribution in [3.63, 3.8) is 0 Å². The van der Waals surface area contributed by atoms with E-state index >= 15 is 0 Å². The average molecular weight is 222 g/mol. The number of hydrogen-bond donors (Lipinski definition) is 0. The van der Waals surface area contributed by atoms with Crippen molar-refractivity contribution in [2.75, 3.05) is 13.1 Å². The van der Waals surface area contributed by atoms with Crippen molar-refractivity contribution in [1.29, 1.82) is 0 Å². The maximum Gasteiger partial charge on any atom is 0.271 e. The molecule has 0 saturated heterocycles. The number of nitrogens with zero attached hydrogens (tertiary/aromatic N) is 2. The lowest BCUT2D eigenvalue weighted by atomic mass is 10.2. The van der Waals surface area contributed by atoms with Gasteiger partial charge in [-0.1, -0.05) is 0 Å². The van der Waals surface area contributed by atoms with Gasteiger partial charge in [0.25, 0.3) is 5.91 Å². The van der Waals surface area contributed by atoms with E-state index < -0.39 is 0 Å². The highest BCUT2D eigenvalue weighted by atomic mass is 19.1. The highest BCUT2D eigenvalue weighted by Gasteiger charge is 2.22. The van der Waals surface area contributed by atoms with Gasteiger partial charge >= 0.3 is 0 Å². The van der Waals surface area contributed by atoms with Crippen molar-refractivity contribution in [3.8, 4) is 0 Å². The monoisotopic (exact) mass is 222 g/mol. The molecule has 0 aliphatic carbocycles. The summed E-state index contributed by atoms with van der Waals surface area (Å²) in [6.07, 6.45) is 3.99. The van der Waals surface area contributed by atoms with Crippen molar-refractivity contribution >= 4 is 5.91 Å². The van der Waals surface area contributed by atoms with Crippen LogP contribution in [0.3, 0.4) is 0 Å². The molecule has 0 aromatic carbocycles. The molecule has 0 unspecified atom stereocenters. The maximum absolute atomic E-state index is 13.1. The molecule has 3 nitrogen and oxygen atoms in total. The Morgan fingerprint density at radius 2 is 2.25 bits per heavy atom. The zero-order valence-corrected chi connectivity index (χ0v) is 9.53. The van der Waals surface area contributed by atoms with Crippen molar-refractivity contribution < 1.29 is 9.18 Å². The first-order valence-corrected chi connectivity index (χ1v) is 5.35. The van der Waals surface area contributed by atoms with Crippen molar-refractivity contribution in [2.24, 2.45) is 7.05 Å². The summed E-state index contributed by atoms with van der Waals surface area (Å²) in [5.41, 5.74) is 1.58. The van der Waals surface area contributed by atoms with Gasteiger partial charge in [-0.3, -0.25) is 4.79 Å². The van der Waals surface area contributed by atoms with Gasteiger partial charge in [0.05, 0.1) is 6.54 Å². The SMILES string of the molecule is Cc1ccn(C)c1C(=O)N1CCC=C(F)C1. The molecule has 0 radical (unpaired) electrons. The molecule has 4 heteroatoms. The first kappa shape index (κ1) is 10.9. The van der Waals surface area contributed by atoms with Crippen LogP contribution < -0.4 is 0 Å². The summed E-state index contributed by atoms with van der Waals surface area (Å²) in [6, 6.07) is 1.89. The Hall–Kier alpha value is -1.58. The number of rotatable bonds is 1.